The van der Waals surface area contributed by atoms with Crippen LogP contribution in [0.2, 0.25) is 0 Å². The summed E-state index contributed by atoms with van der Waals surface area (Å²) in [5.41, 5.74) is -0.574. The molecule has 3 N–H and O–H groups in total. The van der Waals surface area contributed by atoms with Crippen molar-refractivity contribution in [3.05, 3.63) is 0 Å². The average Bonchev–Trinajstić information content (AvgIpc) is 1.56. The van der Waals surface area contributed by atoms with Crippen LogP contribution in [0.25, 0.3) is 0 Å². The van der Waals surface area contributed by atoms with Gasteiger partial charge in [0.05, 0.1) is 5.60 Å². The molecule has 0 saturated carbocycles. The molecule has 0 aromatic heterocycles. The zero-order chi connectivity index (χ0) is 7.61. The minimum atomic E-state index is -0.574. The molecule has 10 heavy (non-hydrogen) atoms. The molecule has 0 unspecified atom stereocenters. The molecular formula is C7H16N2O. The van der Waals surface area contributed by atoms with Crippen molar-refractivity contribution in [2.24, 2.45) is 0 Å². The first-order chi connectivity index (χ1) is 4.58. The zero-order valence-electron chi connectivity index (χ0n) is 6.65. The van der Waals surface area contributed by atoms with E-state index in [-0.39, 0.29) is 0 Å². The summed E-state index contributed by atoms with van der Waals surface area (Å²) in [5, 5.41) is 15.7. The lowest BCUT2D eigenvalue weighted by Crippen LogP contribution is -2.57. The van der Waals surface area contributed by atoms with Crippen LogP contribution in [-0.2, 0) is 0 Å². The maximum atomic E-state index is 9.30. The summed E-state index contributed by atoms with van der Waals surface area (Å²) < 4.78 is 0. The van der Waals surface area contributed by atoms with Crippen LogP contribution in [-0.4, -0.2) is 36.4 Å². The standard InChI is InChI=1S/C7H16N2O/c1-7(2,10)5-9-6-3-8-4-6/h6,8-10H,3-5H2,1-2H3. The fourth-order valence-corrected chi connectivity index (χ4v) is 0.827. The Morgan fingerprint density at radius 2 is 2.20 bits per heavy atom. The van der Waals surface area contributed by atoms with Gasteiger partial charge in [0, 0.05) is 25.7 Å². The highest BCUT2D eigenvalue weighted by molar-refractivity contribution is 4.83. The molecular weight excluding hydrogens is 128 g/mol. The van der Waals surface area contributed by atoms with E-state index in [2.05, 4.69) is 10.6 Å². The summed E-state index contributed by atoms with van der Waals surface area (Å²) in [6.45, 7) is 6.38. The normalized spacial score (nSPS) is 20.7. The van der Waals surface area contributed by atoms with Gasteiger partial charge in [0.2, 0.25) is 0 Å². The van der Waals surface area contributed by atoms with Gasteiger partial charge in [0.25, 0.3) is 0 Å². The van der Waals surface area contributed by atoms with E-state index in [9.17, 15) is 5.11 Å². The summed E-state index contributed by atoms with van der Waals surface area (Å²) in [6.07, 6.45) is 0. The Hall–Kier alpha value is -0.120. The van der Waals surface area contributed by atoms with Gasteiger partial charge in [-0.2, -0.15) is 0 Å². The molecule has 1 saturated heterocycles. The molecule has 60 valence electrons. The molecule has 0 bridgehead atoms. The molecule has 1 fully saturated rings. The minimum absolute atomic E-state index is 0.574. The van der Waals surface area contributed by atoms with Gasteiger partial charge in [-0.3, -0.25) is 0 Å². The summed E-state index contributed by atoms with van der Waals surface area (Å²) in [4.78, 5) is 0. The van der Waals surface area contributed by atoms with E-state index in [0.717, 1.165) is 13.1 Å². The van der Waals surface area contributed by atoms with Crippen LogP contribution >= 0.6 is 0 Å². The van der Waals surface area contributed by atoms with Gasteiger partial charge < -0.3 is 15.7 Å². The largest absolute Gasteiger partial charge is 0.389 e. The third kappa shape index (κ3) is 2.64. The van der Waals surface area contributed by atoms with E-state index in [1.807, 2.05) is 13.8 Å². The molecule has 1 aliphatic heterocycles. The maximum Gasteiger partial charge on any atom is 0.0715 e. The molecule has 1 rings (SSSR count). The van der Waals surface area contributed by atoms with E-state index >= 15 is 0 Å². The molecule has 3 nitrogen and oxygen atoms in total. The molecule has 0 amide bonds. The summed E-state index contributed by atoms with van der Waals surface area (Å²) in [7, 11) is 0. The van der Waals surface area contributed by atoms with Gasteiger partial charge in [0.15, 0.2) is 0 Å². The Labute approximate surface area is 61.8 Å². The van der Waals surface area contributed by atoms with E-state index in [0.29, 0.717) is 12.6 Å². The van der Waals surface area contributed by atoms with Crippen molar-refractivity contribution in [3.63, 3.8) is 0 Å². The van der Waals surface area contributed by atoms with Crippen LogP contribution in [0.3, 0.4) is 0 Å². The Morgan fingerprint density at radius 3 is 2.50 bits per heavy atom. The van der Waals surface area contributed by atoms with Gasteiger partial charge in [-0.15, -0.1) is 0 Å². The molecule has 0 radical (unpaired) electrons. The Kier molecular flexibility index (Phi) is 2.28. The fraction of sp³-hybridized carbons (Fsp3) is 1.00. The second-order valence-electron chi connectivity index (χ2n) is 3.55. The molecule has 0 aliphatic carbocycles. The summed E-state index contributed by atoms with van der Waals surface area (Å²) >= 11 is 0. The minimum Gasteiger partial charge on any atom is -0.389 e. The topological polar surface area (TPSA) is 44.3 Å². The Balaban J connectivity index is 2.04. The number of nitrogens with one attached hydrogen (secondary N) is 2. The predicted octanol–water partition coefficient (Wildman–Crippen LogP) is -0.681. The van der Waals surface area contributed by atoms with Crippen molar-refractivity contribution >= 4 is 0 Å². The van der Waals surface area contributed by atoms with Gasteiger partial charge >= 0.3 is 0 Å². The number of hydrogen-bond donors (Lipinski definition) is 3. The lowest BCUT2D eigenvalue weighted by molar-refractivity contribution is 0.0738. The molecule has 0 aromatic carbocycles. The smallest absolute Gasteiger partial charge is 0.0715 e. The molecule has 1 heterocycles. The van der Waals surface area contributed by atoms with E-state index in [1.54, 1.807) is 0 Å². The summed E-state index contributed by atoms with van der Waals surface area (Å²) in [6, 6.07) is 0.575. The van der Waals surface area contributed by atoms with Crippen molar-refractivity contribution in [1.82, 2.24) is 10.6 Å². The third-order valence-corrected chi connectivity index (χ3v) is 1.60. The fourth-order valence-electron chi connectivity index (χ4n) is 0.827. The molecule has 0 aromatic rings. The summed E-state index contributed by atoms with van der Waals surface area (Å²) in [5.74, 6) is 0. The third-order valence-electron chi connectivity index (χ3n) is 1.60. The highest BCUT2D eigenvalue weighted by Gasteiger charge is 2.19. The van der Waals surface area contributed by atoms with Crippen LogP contribution in [0.4, 0.5) is 0 Å². The quantitative estimate of drug-likeness (QED) is 0.491. The molecule has 3 heteroatoms. The Morgan fingerprint density at radius 1 is 1.60 bits per heavy atom. The lowest BCUT2D eigenvalue weighted by Gasteiger charge is -2.30. The monoisotopic (exact) mass is 144 g/mol. The molecule has 0 atom stereocenters. The van der Waals surface area contributed by atoms with E-state index in [1.165, 1.54) is 0 Å². The van der Waals surface area contributed by atoms with Crippen molar-refractivity contribution in [1.29, 1.82) is 0 Å². The number of rotatable bonds is 3. The van der Waals surface area contributed by atoms with Gasteiger partial charge in [-0.1, -0.05) is 0 Å². The molecule has 1 aliphatic rings. The van der Waals surface area contributed by atoms with Crippen molar-refractivity contribution < 1.29 is 5.11 Å². The average molecular weight is 144 g/mol. The van der Waals surface area contributed by atoms with Crippen molar-refractivity contribution in [2.45, 2.75) is 25.5 Å². The highest BCUT2D eigenvalue weighted by Crippen LogP contribution is 1.99. The highest BCUT2D eigenvalue weighted by atomic mass is 16.3. The van der Waals surface area contributed by atoms with Crippen LogP contribution in [0.5, 0.6) is 0 Å². The first-order valence-electron chi connectivity index (χ1n) is 3.74. The zero-order valence-corrected chi connectivity index (χ0v) is 6.65. The van der Waals surface area contributed by atoms with Crippen LogP contribution in [0, 0.1) is 0 Å². The molecule has 0 spiro atoms. The van der Waals surface area contributed by atoms with Gasteiger partial charge in [-0.25, -0.2) is 0 Å². The maximum absolute atomic E-state index is 9.30. The van der Waals surface area contributed by atoms with Crippen LogP contribution in [0.1, 0.15) is 13.8 Å². The predicted molar refractivity (Wildman–Crippen MR) is 41.0 cm³/mol. The van der Waals surface area contributed by atoms with Crippen LogP contribution in [0.15, 0.2) is 0 Å². The van der Waals surface area contributed by atoms with Gasteiger partial charge in [0.1, 0.15) is 0 Å². The van der Waals surface area contributed by atoms with Crippen molar-refractivity contribution in [3.8, 4) is 0 Å². The lowest BCUT2D eigenvalue weighted by atomic mass is 10.1. The number of hydrogen-bond acceptors (Lipinski definition) is 3. The first kappa shape index (κ1) is 7.98. The second-order valence-corrected chi connectivity index (χ2v) is 3.55. The first-order valence-corrected chi connectivity index (χ1v) is 3.74. The SMILES string of the molecule is CC(C)(O)CNC1CNC1. The second kappa shape index (κ2) is 2.86. The van der Waals surface area contributed by atoms with E-state index < -0.39 is 5.60 Å². The van der Waals surface area contributed by atoms with Gasteiger partial charge in [-0.05, 0) is 13.8 Å². The Bertz CT molecular complexity index is 105. The van der Waals surface area contributed by atoms with Crippen LogP contribution < -0.4 is 10.6 Å². The van der Waals surface area contributed by atoms with E-state index in [4.69, 9.17) is 0 Å². The number of aliphatic hydroxyl groups is 1. The van der Waals surface area contributed by atoms with Crippen molar-refractivity contribution in [2.75, 3.05) is 19.6 Å².